The number of aliphatic carboxylic acids is 1. The van der Waals surface area contributed by atoms with Crippen molar-refractivity contribution in [3.8, 4) is 5.69 Å². The van der Waals surface area contributed by atoms with Crippen LogP contribution in [0.25, 0.3) is 16.9 Å². The fraction of sp³-hybridized carbons (Fsp3) is 0.261. The molecular weight excluding hydrogens is 392 g/mol. The third-order valence-electron chi connectivity index (χ3n) is 5.04. The van der Waals surface area contributed by atoms with Crippen molar-refractivity contribution in [3.63, 3.8) is 0 Å². The van der Waals surface area contributed by atoms with Gasteiger partial charge in [0.25, 0.3) is 0 Å². The SMILES string of the molecule is Cc1ccc(Nc2ncc3nnn(-c4ccc(CCCCCC(=O)O)cc4)c3n2)cc1. The van der Waals surface area contributed by atoms with Crippen LogP contribution in [0.1, 0.15) is 36.8 Å². The maximum Gasteiger partial charge on any atom is 0.303 e. The minimum atomic E-state index is -0.731. The van der Waals surface area contributed by atoms with Crippen molar-refractivity contribution >= 4 is 28.8 Å². The van der Waals surface area contributed by atoms with E-state index in [2.05, 4.69) is 37.7 Å². The van der Waals surface area contributed by atoms with E-state index in [1.54, 1.807) is 10.9 Å². The predicted molar refractivity (Wildman–Crippen MR) is 119 cm³/mol. The van der Waals surface area contributed by atoms with E-state index >= 15 is 0 Å². The van der Waals surface area contributed by atoms with E-state index in [4.69, 9.17) is 5.11 Å². The van der Waals surface area contributed by atoms with Gasteiger partial charge < -0.3 is 10.4 Å². The van der Waals surface area contributed by atoms with Crippen LogP contribution in [0.5, 0.6) is 0 Å². The molecule has 0 aliphatic carbocycles. The Hall–Kier alpha value is -3.81. The van der Waals surface area contributed by atoms with Gasteiger partial charge in [-0.1, -0.05) is 41.5 Å². The Bertz CT molecular complexity index is 1170. The second-order valence-electron chi connectivity index (χ2n) is 7.52. The minimum Gasteiger partial charge on any atom is -0.481 e. The summed E-state index contributed by atoms with van der Waals surface area (Å²) in [6.45, 7) is 2.04. The van der Waals surface area contributed by atoms with Crippen molar-refractivity contribution in [1.82, 2.24) is 25.0 Å². The Kier molecular flexibility index (Phi) is 6.16. The van der Waals surface area contributed by atoms with Crippen molar-refractivity contribution < 1.29 is 9.90 Å². The van der Waals surface area contributed by atoms with Crippen LogP contribution in [0.2, 0.25) is 0 Å². The number of nitrogens with zero attached hydrogens (tertiary/aromatic N) is 5. The Morgan fingerprint density at radius 2 is 1.81 bits per heavy atom. The number of hydrogen-bond acceptors (Lipinski definition) is 6. The normalized spacial score (nSPS) is 11.0. The number of carbonyl (C=O) groups is 1. The molecule has 2 heterocycles. The van der Waals surface area contributed by atoms with E-state index in [0.29, 0.717) is 17.1 Å². The lowest BCUT2D eigenvalue weighted by Gasteiger charge is -2.07. The van der Waals surface area contributed by atoms with Gasteiger partial charge >= 0.3 is 5.97 Å². The first-order valence-electron chi connectivity index (χ1n) is 10.3. The zero-order valence-electron chi connectivity index (χ0n) is 17.3. The number of carboxylic acids is 1. The molecule has 0 radical (unpaired) electrons. The molecule has 8 nitrogen and oxygen atoms in total. The van der Waals surface area contributed by atoms with Crippen LogP contribution in [0.15, 0.2) is 54.7 Å². The molecule has 0 spiro atoms. The second kappa shape index (κ2) is 9.34. The molecule has 2 aromatic heterocycles. The van der Waals surface area contributed by atoms with Crippen LogP contribution in [-0.4, -0.2) is 36.0 Å². The highest BCUT2D eigenvalue weighted by Crippen LogP contribution is 2.19. The molecule has 0 amide bonds. The van der Waals surface area contributed by atoms with Gasteiger partial charge in [-0.25, -0.2) is 4.98 Å². The summed E-state index contributed by atoms with van der Waals surface area (Å²) in [6.07, 6.45) is 5.42. The summed E-state index contributed by atoms with van der Waals surface area (Å²) < 4.78 is 1.70. The third-order valence-corrected chi connectivity index (χ3v) is 5.04. The third kappa shape index (κ3) is 5.22. The Morgan fingerprint density at radius 1 is 1.03 bits per heavy atom. The van der Waals surface area contributed by atoms with Crippen molar-refractivity contribution in [2.75, 3.05) is 5.32 Å². The van der Waals surface area contributed by atoms with Crippen LogP contribution < -0.4 is 5.32 Å². The molecule has 0 aliphatic heterocycles. The number of carboxylic acid groups (broad SMARTS) is 1. The maximum absolute atomic E-state index is 10.6. The van der Waals surface area contributed by atoms with Crippen LogP contribution in [0.3, 0.4) is 0 Å². The number of hydrogen-bond donors (Lipinski definition) is 2. The standard InChI is InChI=1S/C23H24N6O2/c1-16-7-11-18(12-8-16)25-23-24-15-20-22(26-23)29(28-27-20)19-13-9-17(10-14-19)5-3-2-4-6-21(30)31/h7-15H,2-6H2,1H3,(H,30,31)(H,24,25,26). The molecule has 4 aromatic rings. The Balaban J connectivity index is 1.46. The van der Waals surface area contributed by atoms with Gasteiger partial charge in [-0.3, -0.25) is 4.79 Å². The minimum absolute atomic E-state index is 0.237. The lowest BCUT2D eigenvalue weighted by molar-refractivity contribution is -0.137. The van der Waals surface area contributed by atoms with Crippen molar-refractivity contribution in [3.05, 3.63) is 65.9 Å². The zero-order valence-corrected chi connectivity index (χ0v) is 17.3. The van der Waals surface area contributed by atoms with E-state index in [1.807, 2.05) is 43.3 Å². The summed E-state index contributed by atoms with van der Waals surface area (Å²) in [5, 5.41) is 20.3. The van der Waals surface area contributed by atoms with Crippen LogP contribution >= 0.6 is 0 Å². The van der Waals surface area contributed by atoms with E-state index in [9.17, 15) is 4.79 Å². The van der Waals surface area contributed by atoms with E-state index in [1.165, 1.54) is 11.1 Å². The van der Waals surface area contributed by atoms with Crippen LogP contribution in [0, 0.1) is 6.92 Å². The molecule has 8 heteroatoms. The first-order chi connectivity index (χ1) is 15.1. The number of rotatable bonds is 9. The van der Waals surface area contributed by atoms with Crippen molar-refractivity contribution in [1.29, 1.82) is 0 Å². The summed E-state index contributed by atoms with van der Waals surface area (Å²) in [5.74, 6) is -0.247. The topological polar surface area (TPSA) is 106 Å². The number of unbranched alkanes of at least 4 members (excludes halogenated alkanes) is 2. The largest absolute Gasteiger partial charge is 0.481 e. The molecular formula is C23H24N6O2. The Labute approximate surface area is 180 Å². The fourth-order valence-corrected chi connectivity index (χ4v) is 3.31. The number of aryl methyl sites for hydroxylation is 2. The van der Waals surface area contributed by atoms with Gasteiger partial charge in [0.05, 0.1) is 11.9 Å². The Morgan fingerprint density at radius 3 is 2.55 bits per heavy atom. The summed E-state index contributed by atoms with van der Waals surface area (Å²) in [6, 6.07) is 16.1. The van der Waals surface area contributed by atoms with E-state index < -0.39 is 5.97 Å². The molecule has 4 rings (SSSR count). The molecule has 0 saturated carbocycles. The molecule has 0 saturated heterocycles. The number of benzene rings is 2. The van der Waals surface area contributed by atoms with Gasteiger partial charge in [0, 0.05) is 12.1 Å². The molecule has 0 unspecified atom stereocenters. The van der Waals surface area contributed by atoms with Gasteiger partial charge in [0.2, 0.25) is 5.95 Å². The van der Waals surface area contributed by atoms with Crippen molar-refractivity contribution in [2.45, 2.75) is 39.0 Å². The lowest BCUT2D eigenvalue weighted by atomic mass is 10.1. The van der Waals surface area contributed by atoms with Crippen LogP contribution in [0.4, 0.5) is 11.6 Å². The average molecular weight is 416 g/mol. The summed E-state index contributed by atoms with van der Waals surface area (Å²) in [5.41, 5.74) is 5.43. The number of aromatic nitrogens is 5. The highest BCUT2D eigenvalue weighted by atomic mass is 16.4. The van der Waals surface area contributed by atoms with E-state index in [0.717, 1.165) is 37.1 Å². The number of anilines is 2. The smallest absolute Gasteiger partial charge is 0.303 e. The van der Waals surface area contributed by atoms with Gasteiger partial charge in [0.15, 0.2) is 11.2 Å². The number of nitrogens with one attached hydrogen (secondary N) is 1. The van der Waals surface area contributed by atoms with Crippen molar-refractivity contribution in [2.24, 2.45) is 0 Å². The number of fused-ring (bicyclic) bond motifs is 1. The van der Waals surface area contributed by atoms with Gasteiger partial charge in [-0.15, -0.1) is 5.10 Å². The molecule has 0 atom stereocenters. The van der Waals surface area contributed by atoms with E-state index in [-0.39, 0.29) is 6.42 Å². The summed E-state index contributed by atoms with van der Waals surface area (Å²) >= 11 is 0. The molecule has 158 valence electrons. The summed E-state index contributed by atoms with van der Waals surface area (Å²) in [4.78, 5) is 19.5. The quantitative estimate of drug-likeness (QED) is 0.388. The molecule has 31 heavy (non-hydrogen) atoms. The zero-order chi connectivity index (χ0) is 21.6. The molecule has 0 fully saturated rings. The molecule has 0 aliphatic rings. The lowest BCUT2D eigenvalue weighted by Crippen LogP contribution is -2.01. The van der Waals surface area contributed by atoms with Crippen LogP contribution in [-0.2, 0) is 11.2 Å². The van der Waals surface area contributed by atoms with Gasteiger partial charge in [-0.05, 0) is 56.0 Å². The molecule has 0 bridgehead atoms. The maximum atomic E-state index is 10.6. The highest BCUT2D eigenvalue weighted by Gasteiger charge is 2.10. The highest BCUT2D eigenvalue weighted by molar-refractivity contribution is 5.72. The molecule has 2 N–H and O–H groups in total. The van der Waals surface area contributed by atoms with Gasteiger partial charge in [-0.2, -0.15) is 9.67 Å². The first-order valence-corrected chi connectivity index (χ1v) is 10.3. The van der Waals surface area contributed by atoms with Gasteiger partial charge in [0.1, 0.15) is 0 Å². The average Bonchev–Trinajstić information content (AvgIpc) is 3.19. The predicted octanol–water partition coefficient (Wildman–Crippen LogP) is 4.45. The molecule has 2 aromatic carbocycles. The monoisotopic (exact) mass is 416 g/mol. The summed E-state index contributed by atoms with van der Waals surface area (Å²) in [7, 11) is 0. The fourth-order valence-electron chi connectivity index (χ4n) is 3.31. The second-order valence-corrected chi connectivity index (χ2v) is 7.52. The first kappa shape index (κ1) is 20.5.